The molecule has 1 amide bonds. The predicted molar refractivity (Wildman–Crippen MR) is 97.4 cm³/mol. The van der Waals surface area contributed by atoms with E-state index in [1.54, 1.807) is 7.11 Å². The molecule has 0 aliphatic heterocycles. The SMILES string of the molecule is COc1cccc([C@@H](C)NC(=O)c2cc(C3CC3)nc3onc(C)c23)c1. The third-order valence-electron chi connectivity index (χ3n) is 4.82. The summed E-state index contributed by atoms with van der Waals surface area (Å²) in [5.41, 5.74) is 3.57. The Bertz CT molecular complexity index is 976. The average molecular weight is 351 g/mol. The zero-order chi connectivity index (χ0) is 18.3. The van der Waals surface area contributed by atoms with Crippen LogP contribution in [-0.2, 0) is 0 Å². The van der Waals surface area contributed by atoms with Crippen LogP contribution in [0.15, 0.2) is 34.9 Å². The molecule has 2 aromatic heterocycles. The normalized spacial score (nSPS) is 15.0. The summed E-state index contributed by atoms with van der Waals surface area (Å²) >= 11 is 0. The number of methoxy groups -OCH3 is 1. The zero-order valence-corrected chi connectivity index (χ0v) is 15.1. The Labute approximate surface area is 151 Å². The molecule has 1 N–H and O–H groups in total. The number of aromatic nitrogens is 2. The van der Waals surface area contributed by atoms with Crippen LogP contribution in [-0.4, -0.2) is 23.2 Å². The first-order valence-corrected chi connectivity index (χ1v) is 8.78. The lowest BCUT2D eigenvalue weighted by Crippen LogP contribution is -2.27. The fraction of sp³-hybridized carbons (Fsp3) is 0.350. The van der Waals surface area contributed by atoms with Gasteiger partial charge in [0.25, 0.3) is 11.6 Å². The van der Waals surface area contributed by atoms with Crippen LogP contribution in [0.3, 0.4) is 0 Å². The second-order valence-electron chi connectivity index (χ2n) is 6.79. The summed E-state index contributed by atoms with van der Waals surface area (Å²) in [4.78, 5) is 17.5. The summed E-state index contributed by atoms with van der Waals surface area (Å²) in [5.74, 6) is 1.04. The highest BCUT2D eigenvalue weighted by molar-refractivity contribution is 6.06. The van der Waals surface area contributed by atoms with E-state index in [-0.39, 0.29) is 11.9 Å². The topological polar surface area (TPSA) is 77.2 Å². The molecule has 6 heteroatoms. The smallest absolute Gasteiger partial charge is 0.259 e. The van der Waals surface area contributed by atoms with Gasteiger partial charge in [0.2, 0.25) is 0 Å². The summed E-state index contributed by atoms with van der Waals surface area (Å²) in [7, 11) is 1.63. The first-order chi connectivity index (χ1) is 12.6. The summed E-state index contributed by atoms with van der Waals surface area (Å²) in [6.07, 6.45) is 2.21. The number of ether oxygens (including phenoxy) is 1. The van der Waals surface area contributed by atoms with E-state index >= 15 is 0 Å². The van der Waals surface area contributed by atoms with Crippen molar-refractivity contribution in [3.05, 3.63) is 52.8 Å². The number of amides is 1. The van der Waals surface area contributed by atoms with E-state index < -0.39 is 0 Å². The Morgan fingerprint density at radius 2 is 2.15 bits per heavy atom. The number of nitrogens with zero attached hydrogens (tertiary/aromatic N) is 2. The highest BCUT2D eigenvalue weighted by atomic mass is 16.5. The highest BCUT2D eigenvalue weighted by Crippen LogP contribution is 2.40. The van der Waals surface area contributed by atoms with Gasteiger partial charge in [-0.15, -0.1) is 0 Å². The number of nitrogens with one attached hydrogen (secondary N) is 1. The molecule has 0 spiro atoms. The molecule has 1 aromatic carbocycles. The van der Waals surface area contributed by atoms with Gasteiger partial charge in [-0.05, 0) is 50.5 Å². The minimum absolute atomic E-state index is 0.152. The van der Waals surface area contributed by atoms with Gasteiger partial charge in [-0.1, -0.05) is 17.3 Å². The summed E-state index contributed by atoms with van der Waals surface area (Å²) < 4.78 is 10.6. The van der Waals surface area contributed by atoms with Gasteiger partial charge in [0.1, 0.15) is 5.75 Å². The lowest BCUT2D eigenvalue weighted by molar-refractivity contribution is 0.0941. The standard InChI is InChI=1S/C20H21N3O3/c1-11(14-5-4-6-15(9-14)25-3)21-19(24)16-10-17(13-7-8-13)22-20-18(16)12(2)23-26-20/h4-6,9-11,13H,7-8H2,1-3H3,(H,21,24)/t11-/m1/s1. The van der Waals surface area contributed by atoms with E-state index in [9.17, 15) is 4.79 Å². The summed E-state index contributed by atoms with van der Waals surface area (Å²) in [5, 5.41) is 7.74. The van der Waals surface area contributed by atoms with E-state index in [0.29, 0.717) is 28.3 Å². The average Bonchev–Trinajstić information content (AvgIpc) is 3.44. The molecule has 134 valence electrons. The first-order valence-electron chi connectivity index (χ1n) is 8.78. The number of pyridine rings is 1. The van der Waals surface area contributed by atoms with Crippen molar-refractivity contribution in [1.82, 2.24) is 15.5 Å². The summed E-state index contributed by atoms with van der Waals surface area (Å²) in [6.45, 7) is 3.78. The second-order valence-corrected chi connectivity index (χ2v) is 6.79. The van der Waals surface area contributed by atoms with Crippen LogP contribution in [0, 0.1) is 6.92 Å². The maximum Gasteiger partial charge on any atom is 0.259 e. The van der Waals surface area contributed by atoms with Crippen molar-refractivity contribution in [3.8, 4) is 5.75 Å². The lowest BCUT2D eigenvalue weighted by Gasteiger charge is -2.16. The van der Waals surface area contributed by atoms with Crippen molar-refractivity contribution >= 4 is 17.0 Å². The molecule has 1 aliphatic carbocycles. The van der Waals surface area contributed by atoms with Gasteiger partial charge in [-0.25, -0.2) is 4.98 Å². The van der Waals surface area contributed by atoms with Crippen molar-refractivity contribution in [2.24, 2.45) is 0 Å². The number of benzene rings is 1. The van der Waals surface area contributed by atoms with Crippen molar-refractivity contribution in [3.63, 3.8) is 0 Å². The third kappa shape index (κ3) is 3.03. The predicted octanol–water partition coefficient (Wildman–Crippen LogP) is 3.91. The van der Waals surface area contributed by atoms with Crippen LogP contribution in [0.5, 0.6) is 5.75 Å². The molecular weight excluding hydrogens is 330 g/mol. The monoisotopic (exact) mass is 351 g/mol. The van der Waals surface area contributed by atoms with E-state index in [0.717, 1.165) is 29.8 Å². The van der Waals surface area contributed by atoms with Crippen LogP contribution >= 0.6 is 0 Å². The van der Waals surface area contributed by atoms with Crippen molar-refractivity contribution in [1.29, 1.82) is 0 Å². The Kier molecular flexibility index (Phi) is 4.11. The first kappa shape index (κ1) is 16.6. The molecule has 0 radical (unpaired) electrons. The van der Waals surface area contributed by atoms with Crippen molar-refractivity contribution < 1.29 is 14.1 Å². The highest BCUT2D eigenvalue weighted by Gasteiger charge is 2.29. The Balaban J connectivity index is 1.66. The molecule has 6 nitrogen and oxygen atoms in total. The van der Waals surface area contributed by atoms with Gasteiger partial charge in [0.15, 0.2) is 0 Å². The van der Waals surface area contributed by atoms with Gasteiger partial charge >= 0.3 is 0 Å². The van der Waals surface area contributed by atoms with Crippen LogP contribution < -0.4 is 10.1 Å². The van der Waals surface area contributed by atoms with Crippen LogP contribution in [0.2, 0.25) is 0 Å². The maximum atomic E-state index is 13.0. The largest absolute Gasteiger partial charge is 0.497 e. The molecule has 1 atom stereocenters. The number of carbonyl (C=O) groups excluding carboxylic acids is 1. The number of hydrogen-bond acceptors (Lipinski definition) is 5. The van der Waals surface area contributed by atoms with E-state index in [1.165, 1.54) is 0 Å². The van der Waals surface area contributed by atoms with Crippen molar-refractivity contribution in [2.75, 3.05) is 7.11 Å². The molecule has 4 rings (SSSR count). The fourth-order valence-electron chi connectivity index (χ4n) is 3.15. The maximum absolute atomic E-state index is 13.0. The van der Waals surface area contributed by atoms with E-state index in [4.69, 9.17) is 9.26 Å². The zero-order valence-electron chi connectivity index (χ0n) is 15.1. The molecule has 0 bridgehead atoms. The fourth-order valence-corrected chi connectivity index (χ4v) is 3.15. The van der Waals surface area contributed by atoms with Crippen LogP contribution in [0.4, 0.5) is 0 Å². The van der Waals surface area contributed by atoms with E-state index in [2.05, 4.69) is 15.5 Å². The molecule has 0 saturated heterocycles. The summed E-state index contributed by atoms with van der Waals surface area (Å²) in [6, 6.07) is 9.41. The minimum atomic E-state index is -0.162. The molecule has 26 heavy (non-hydrogen) atoms. The van der Waals surface area contributed by atoms with Gasteiger partial charge in [0, 0.05) is 11.6 Å². The Morgan fingerprint density at radius 1 is 1.35 bits per heavy atom. The van der Waals surface area contributed by atoms with Crippen molar-refractivity contribution in [2.45, 2.75) is 38.6 Å². The van der Waals surface area contributed by atoms with Gasteiger partial charge in [0.05, 0.1) is 29.8 Å². The number of rotatable bonds is 5. The van der Waals surface area contributed by atoms with Crippen LogP contribution in [0.25, 0.3) is 11.1 Å². The van der Waals surface area contributed by atoms with Gasteiger partial charge in [-0.2, -0.15) is 0 Å². The number of carbonyl (C=O) groups is 1. The number of aryl methyl sites for hydroxylation is 1. The quantitative estimate of drug-likeness (QED) is 0.754. The second kappa shape index (κ2) is 6.44. The van der Waals surface area contributed by atoms with E-state index in [1.807, 2.05) is 44.2 Å². The van der Waals surface area contributed by atoms with Crippen LogP contribution in [0.1, 0.15) is 59.0 Å². The molecule has 1 saturated carbocycles. The number of hydrogen-bond donors (Lipinski definition) is 1. The minimum Gasteiger partial charge on any atom is -0.497 e. The number of fused-ring (bicyclic) bond motifs is 1. The van der Waals surface area contributed by atoms with Gasteiger partial charge < -0.3 is 14.6 Å². The van der Waals surface area contributed by atoms with Gasteiger partial charge in [-0.3, -0.25) is 4.79 Å². The molecule has 0 unspecified atom stereocenters. The molecular formula is C20H21N3O3. The Morgan fingerprint density at radius 3 is 2.88 bits per heavy atom. The molecule has 3 aromatic rings. The molecule has 1 aliphatic rings. The molecule has 2 heterocycles. The lowest BCUT2D eigenvalue weighted by atomic mass is 10.0. The molecule has 1 fully saturated rings. The third-order valence-corrected chi connectivity index (χ3v) is 4.82. The Hall–Kier alpha value is -2.89.